The van der Waals surface area contributed by atoms with Crippen molar-refractivity contribution in [1.82, 2.24) is 24.8 Å². The van der Waals surface area contributed by atoms with Crippen molar-refractivity contribution in [2.24, 2.45) is 5.92 Å². The number of nitrogens with one attached hydrogen (secondary N) is 1. The average molecular weight is 424 g/mol. The van der Waals surface area contributed by atoms with Gasteiger partial charge in [-0.05, 0) is 57.3 Å². The maximum absolute atomic E-state index is 4.80. The van der Waals surface area contributed by atoms with E-state index < -0.39 is 0 Å². The topological polar surface area (TPSA) is 70.1 Å². The molecule has 4 heterocycles. The van der Waals surface area contributed by atoms with Crippen LogP contribution in [0.5, 0.6) is 0 Å². The van der Waals surface area contributed by atoms with E-state index in [2.05, 4.69) is 44.2 Å². The van der Waals surface area contributed by atoms with Gasteiger partial charge in [-0.3, -0.25) is 4.90 Å². The molecule has 0 aromatic carbocycles. The Labute approximate surface area is 182 Å². The van der Waals surface area contributed by atoms with Gasteiger partial charge in [-0.1, -0.05) is 6.07 Å². The molecule has 7 nitrogen and oxygen atoms in total. The van der Waals surface area contributed by atoms with Crippen molar-refractivity contribution in [3.8, 4) is 0 Å². The number of hydrogen-bond acceptors (Lipinski definition) is 8. The highest BCUT2D eigenvalue weighted by Crippen LogP contribution is 2.24. The minimum atomic E-state index is 0.679. The lowest BCUT2D eigenvalue weighted by molar-refractivity contribution is 0.176. The number of likely N-dealkylation sites (tertiary alicyclic amines) is 1. The fourth-order valence-electron chi connectivity index (χ4n) is 3.75. The summed E-state index contributed by atoms with van der Waals surface area (Å²) >= 11 is 1.65. The van der Waals surface area contributed by atoms with Crippen LogP contribution in [0.2, 0.25) is 0 Å². The highest BCUT2D eigenvalue weighted by atomic mass is 32.1. The van der Waals surface area contributed by atoms with E-state index in [1.165, 1.54) is 23.3 Å². The summed E-state index contributed by atoms with van der Waals surface area (Å²) in [7, 11) is 3.92. The van der Waals surface area contributed by atoms with Crippen molar-refractivity contribution in [1.29, 1.82) is 0 Å². The smallest absolute Gasteiger partial charge is 0.224 e. The molecule has 0 saturated carbocycles. The van der Waals surface area contributed by atoms with Gasteiger partial charge < -0.3 is 10.2 Å². The summed E-state index contributed by atoms with van der Waals surface area (Å²) in [5.74, 6) is 2.31. The number of thiazole rings is 1. The lowest BCUT2D eigenvalue weighted by Gasteiger charge is -2.31. The first-order valence-corrected chi connectivity index (χ1v) is 11.2. The second-order valence-corrected chi connectivity index (χ2v) is 9.36. The zero-order valence-corrected chi connectivity index (χ0v) is 18.7. The van der Waals surface area contributed by atoms with E-state index >= 15 is 0 Å². The number of hydrogen-bond donors (Lipinski definition) is 1. The molecule has 1 aliphatic heterocycles. The number of aryl methyl sites for hydroxylation is 1. The molecule has 3 aromatic rings. The zero-order chi connectivity index (χ0) is 20.9. The molecule has 8 heteroatoms. The highest BCUT2D eigenvalue weighted by Gasteiger charge is 2.20. The van der Waals surface area contributed by atoms with Crippen LogP contribution < -0.4 is 10.2 Å². The summed E-state index contributed by atoms with van der Waals surface area (Å²) in [6, 6.07) is 6.22. The summed E-state index contributed by atoms with van der Waals surface area (Å²) < 4.78 is 0. The Morgan fingerprint density at radius 1 is 1.10 bits per heavy atom. The quantitative estimate of drug-likeness (QED) is 0.618. The molecule has 0 atom stereocenters. The van der Waals surface area contributed by atoms with E-state index in [0.717, 1.165) is 48.6 Å². The fraction of sp³-hybridized carbons (Fsp3) is 0.455. The SMILES string of the molecule is Cc1cnc(Nc2cccc(CC3CCN(Cc4cnc(N(C)C)nc4)CC3)n2)s1. The molecule has 0 bridgehead atoms. The van der Waals surface area contributed by atoms with Crippen LogP contribution in [0.1, 0.15) is 29.0 Å². The van der Waals surface area contributed by atoms with Gasteiger partial charge in [-0.2, -0.15) is 0 Å². The first-order valence-electron chi connectivity index (χ1n) is 10.4. The van der Waals surface area contributed by atoms with Gasteiger partial charge in [-0.25, -0.2) is 19.9 Å². The predicted molar refractivity (Wildman–Crippen MR) is 122 cm³/mol. The summed E-state index contributed by atoms with van der Waals surface area (Å²) in [5.41, 5.74) is 2.33. The molecule has 0 aliphatic carbocycles. The van der Waals surface area contributed by atoms with Crippen molar-refractivity contribution < 1.29 is 0 Å². The first-order chi connectivity index (χ1) is 14.5. The van der Waals surface area contributed by atoms with Crippen LogP contribution in [0.15, 0.2) is 36.8 Å². The van der Waals surface area contributed by atoms with Crippen molar-refractivity contribution in [3.63, 3.8) is 0 Å². The Balaban J connectivity index is 1.27. The Morgan fingerprint density at radius 3 is 2.53 bits per heavy atom. The van der Waals surface area contributed by atoms with E-state index in [0.29, 0.717) is 5.92 Å². The van der Waals surface area contributed by atoms with Crippen molar-refractivity contribution in [2.75, 3.05) is 37.4 Å². The van der Waals surface area contributed by atoms with Gasteiger partial charge in [0.15, 0.2) is 5.13 Å². The number of nitrogens with zero attached hydrogens (tertiary/aromatic N) is 6. The molecular formula is C22H29N7S. The molecule has 4 rings (SSSR count). The predicted octanol–water partition coefficient (Wildman–Crippen LogP) is 3.90. The minimum absolute atomic E-state index is 0.679. The van der Waals surface area contributed by atoms with E-state index in [1.54, 1.807) is 11.3 Å². The lowest BCUT2D eigenvalue weighted by atomic mass is 9.92. The van der Waals surface area contributed by atoms with Crippen LogP contribution in [-0.4, -0.2) is 52.0 Å². The Kier molecular flexibility index (Phi) is 6.54. The first kappa shape index (κ1) is 20.7. The molecule has 0 unspecified atom stereocenters. The Morgan fingerprint density at radius 2 is 1.87 bits per heavy atom. The molecule has 0 amide bonds. The van der Waals surface area contributed by atoms with Crippen LogP contribution in [0.3, 0.4) is 0 Å². The number of rotatable bonds is 7. The molecule has 1 fully saturated rings. The molecule has 30 heavy (non-hydrogen) atoms. The Bertz CT molecular complexity index is 946. The van der Waals surface area contributed by atoms with Gasteiger partial charge in [0.1, 0.15) is 5.82 Å². The van der Waals surface area contributed by atoms with Crippen LogP contribution >= 0.6 is 11.3 Å². The monoisotopic (exact) mass is 423 g/mol. The third-order valence-corrected chi connectivity index (χ3v) is 6.19. The van der Waals surface area contributed by atoms with Crippen LogP contribution in [0, 0.1) is 12.8 Å². The average Bonchev–Trinajstić information content (AvgIpc) is 3.15. The molecular weight excluding hydrogens is 394 g/mol. The zero-order valence-electron chi connectivity index (χ0n) is 17.9. The third-order valence-electron chi connectivity index (χ3n) is 5.37. The normalized spacial score (nSPS) is 15.3. The second-order valence-electron chi connectivity index (χ2n) is 8.12. The van der Waals surface area contributed by atoms with E-state index in [9.17, 15) is 0 Å². The number of piperidine rings is 1. The largest absolute Gasteiger partial charge is 0.347 e. The van der Waals surface area contributed by atoms with Crippen molar-refractivity contribution in [3.05, 3.63) is 52.9 Å². The van der Waals surface area contributed by atoms with Crippen LogP contribution in [-0.2, 0) is 13.0 Å². The maximum atomic E-state index is 4.80. The second kappa shape index (κ2) is 9.49. The van der Waals surface area contributed by atoms with Gasteiger partial charge in [0.05, 0.1) is 0 Å². The molecule has 158 valence electrons. The minimum Gasteiger partial charge on any atom is -0.347 e. The van der Waals surface area contributed by atoms with E-state index in [-0.39, 0.29) is 0 Å². The lowest BCUT2D eigenvalue weighted by Crippen LogP contribution is -2.34. The fourth-order valence-corrected chi connectivity index (χ4v) is 4.42. The standard InChI is InChI=1S/C22H29N7S/c1-16-12-25-22(30-16)27-20-6-4-5-19(26-20)11-17-7-9-29(10-8-17)15-18-13-23-21(24-14-18)28(2)3/h4-6,12-14,17H,7-11,15H2,1-3H3,(H,25,26,27). The molecule has 0 radical (unpaired) electrons. The van der Waals surface area contributed by atoms with Crippen molar-refractivity contribution in [2.45, 2.75) is 32.7 Å². The third kappa shape index (κ3) is 5.52. The van der Waals surface area contributed by atoms with Crippen LogP contribution in [0.4, 0.5) is 16.9 Å². The maximum Gasteiger partial charge on any atom is 0.224 e. The highest BCUT2D eigenvalue weighted by molar-refractivity contribution is 7.15. The molecule has 1 saturated heterocycles. The van der Waals surface area contributed by atoms with E-state index in [4.69, 9.17) is 4.98 Å². The summed E-state index contributed by atoms with van der Waals surface area (Å²) in [4.78, 5) is 23.6. The number of anilines is 3. The molecule has 1 N–H and O–H groups in total. The molecule has 1 aliphatic rings. The van der Waals surface area contributed by atoms with Gasteiger partial charge in [0, 0.05) is 55.4 Å². The molecule has 3 aromatic heterocycles. The van der Waals surface area contributed by atoms with Crippen LogP contribution in [0.25, 0.3) is 0 Å². The summed E-state index contributed by atoms with van der Waals surface area (Å²) in [6.45, 7) is 5.20. The van der Waals surface area contributed by atoms with Gasteiger partial charge in [0.25, 0.3) is 0 Å². The molecule has 0 spiro atoms. The van der Waals surface area contributed by atoms with Gasteiger partial charge >= 0.3 is 0 Å². The number of aromatic nitrogens is 4. The summed E-state index contributed by atoms with van der Waals surface area (Å²) in [6.07, 6.45) is 9.19. The number of pyridine rings is 1. The van der Waals surface area contributed by atoms with Gasteiger partial charge in [-0.15, -0.1) is 11.3 Å². The summed E-state index contributed by atoms with van der Waals surface area (Å²) in [5, 5.41) is 4.22. The Hall–Kier alpha value is -2.58. The van der Waals surface area contributed by atoms with Gasteiger partial charge in [0.2, 0.25) is 5.95 Å². The van der Waals surface area contributed by atoms with E-state index in [1.807, 2.05) is 43.7 Å². The van der Waals surface area contributed by atoms with Crippen molar-refractivity contribution >= 4 is 28.2 Å².